The molecule has 0 bridgehead atoms. The predicted octanol–water partition coefficient (Wildman–Crippen LogP) is 3.30. The van der Waals surface area contributed by atoms with E-state index < -0.39 is 0 Å². The first-order valence-electron chi connectivity index (χ1n) is 4.28. The van der Waals surface area contributed by atoms with Crippen LogP contribution in [0.4, 0.5) is 0 Å². The normalized spacial score (nSPS) is 10.8. The van der Waals surface area contributed by atoms with Gasteiger partial charge in [-0.05, 0) is 17.7 Å². The summed E-state index contributed by atoms with van der Waals surface area (Å²) in [5, 5.41) is 1.35. The number of thioether (sulfide) groups is 1. The predicted molar refractivity (Wildman–Crippen MR) is 60.3 cm³/mol. The Labute approximate surface area is 88.7 Å². The van der Waals surface area contributed by atoms with Gasteiger partial charge in [0.15, 0.2) is 0 Å². The van der Waals surface area contributed by atoms with Crippen molar-refractivity contribution in [2.24, 2.45) is 5.73 Å². The molecule has 0 amide bonds. The van der Waals surface area contributed by atoms with E-state index >= 15 is 0 Å². The van der Waals surface area contributed by atoms with Crippen molar-refractivity contribution in [2.75, 3.05) is 0 Å². The van der Waals surface area contributed by atoms with Gasteiger partial charge in [0, 0.05) is 21.7 Å². The van der Waals surface area contributed by atoms with E-state index in [1.807, 2.05) is 12.1 Å². The van der Waals surface area contributed by atoms with Gasteiger partial charge in [-0.25, -0.2) is 0 Å². The largest absolute Gasteiger partial charge is 0.326 e. The summed E-state index contributed by atoms with van der Waals surface area (Å²) >= 11 is 7.83. The summed E-state index contributed by atoms with van der Waals surface area (Å²) in [5.41, 5.74) is 6.52. The second-order valence-electron chi connectivity index (χ2n) is 3.12. The third-order valence-corrected chi connectivity index (χ3v) is 2.97. The fourth-order valence-electron chi connectivity index (χ4n) is 1.04. The van der Waals surface area contributed by atoms with Crippen LogP contribution >= 0.6 is 23.4 Å². The van der Waals surface area contributed by atoms with E-state index in [1.54, 1.807) is 11.8 Å². The maximum absolute atomic E-state index is 6.02. The standard InChI is InChI=1S/C10H14ClNS/c1-7(2)13-9-4-3-8(6-12)10(11)5-9/h3-5,7H,6,12H2,1-2H3. The first-order chi connectivity index (χ1) is 6.13. The summed E-state index contributed by atoms with van der Waals surface area (Å²) < 4.78 is 0. The molecule has 72 valence electrons. The summed E-state index contributed by atoms with van der Waals surface area (Å²) in [7, 11) is 0. The molecule has 0 saturated carbocycles. The second-order valence-corrected chi connectivity index (χ2v) is 5.18. The fraction of sp³-hybridized carbons (Fsp3) is 0.400. The summed E-state index contributed by atoms with van der Waals surface area (Å²) in [5.74, 6) is 0. The van der Waals surface area contributed by atoms with Crippen LogP contribution in [-0.2, 0) is 6.54 Å². The lowest BCUT2D eigenvalue weighted by atomic mass is 10.2. The zero-order valence-electron chi connectivity index (χ0n) is 7.88. The number of halogens is 1. The van der Waals surface area contributed by atoms with Gasteiger partial charge in [0.1, 0.15) is 0 Å². The van der Waals surface area contributed by atoms with Gasteiger partial charge < -0.3 is 5.73 Å². The number of nitrogens with two attached hydrogens (primary N) is 1. The van der Waals surface area contributed by atoms with E-state index in [2.05, 4.69) is 19.9 Å². The molecule has 0 atom stereocenters. The van der Waals surface area contributed by atoms with Crippen LogP contribution in [0.5, 0.6) is 0 Å². The van der Waals surface area contributed by atoms with Gasteiger partial charge in [-0.15, -0.1) is 11.8 Å². The third kappa shape index (κ3) is 3.22. The summed E-state index contributed by atoms with van der Waals surface area (Å²) in [6, 6.07) is 6.04. The van der Waals surface area contributed by atoms with Crippen LogP contribution in [0.25, 0.3) is 0 Å². The molecule has 3 heteroatoms. The first kappa shape index (κ1) is 10.9. The number of rotatable bonds is 3. The molecule has 1 aromatic carbocycles. The highest BCUT2D eigenvalue weighted by atomic mass is 35.5. The van der Waals surface area contributed by atoms with E-state index in [4.69, 9.17) is 17.3 Å². The van der Waals surface area contributed by atoms with Crippen LogP contribution < -0.4 is 5.73 Å². The molecule has 1 nitrogen and oxygen atoms in total. The van der Waals surface area contributed by atoms with E-state index in [-0.39, 0.29) is 0 Å². The fourth-order valence-corrected chi connectivity index (χ4v) is 2.24. The number of hydrogen-bond acceptors (Lipinski definition) is 2. The molecule has 0 heterocycles. The van der Waals surface area contributed by atoms with Crippen LogP contribution in [0.3, 0.4) is 0 Å². The van der Waals surface area contributed by atoms with Crippen molar-refractivity contribution in [1.29, 1.82) is 0 Å². The maximum Gasteiger partial charge on any atom is 0.0462 e. The summed E-state index contributed by atoms with van der Waals surface area (Å²) in [6.07, 6.45) is 0. The Bertz CT molecular complexity index is 286. The Kier molecular flexibility index (Phi) is 4.10. The molecule has 0 aliphatic rings. The zero-order valence-corrected chi connectivity index (χ0v) is 9.45. The monoisotopic (exact) mass is 215 g/mol. The summed E-state index contributed by atoms with van der Waals surface area (Å²) in [4.78, 5) is 1.21. The van der Waals surface area contributed by atoms with Gasteiger partial charge in [-0.2, -0.15) is 0 Å². The molecule has 0 unspecified atom stereocenters. The van der Waals surface area contributed by atoms with Gasteiger partial charge in [0.2, 0.25) is 0 Å². The highest BCUT2D eigenvalue weighted by Crippen LogP contribution is 2.27. The van der Waals surface area contributed by atoms with Crippen LogP contribution in [0.1, 0.15) is 19.4 Å². The minimum atomic E-state index is 0.505. The topological polar surface area (TPSA) is 26.0 Å². The molecule has 0 radical (unpaired) electrons. The summed E-state index contributed by atoms with van der Waals surface area (Å²) in [6.45, 7) is 4.83. The molecule has 0 aliphatic carbocycles. The van der Waals surface area contributed by atoms with Crippen molar-refractivity contribution < 1.29 is 0 Å². The van der Waals surface area contributed by atoms with Crippen molar-refractivity contribution in [3.05, 3.63) is 28.8 Å². The average molecular weight is 216 g/mol. The Hall–Kier alpha value is -0.180. The van der Waals surface area contributed by atoms with Gasteiger partial charge in [0.05, 0.1) is 0 Å². The second kappa shape index (κ2) is 4.89. The Balaban J connectivity index is 2.83. The zero-order chi connectivity index (χ0) is 9.84. The van der Waals surface area contributed by atoms with Crippen LogP contribution in [0.15, 0.2) is 23.1 Å². The molecule has 1 aromatic rings. The molecule has 0 saturated heterocycles. The van der Waals surface area contributed by atoms with Crippen molar-refractivity contribution in [3.8, 4) is 0 Å². The molecule has 2 N–H and O–H groups in total. The lowest BCUT2D eigenvalue weighted by Crippen LogP contribution is -1.97. The molecule has 0 spiro atoms. The highest BCUT2D eigenvalue weighted by Gasteiger charge is 2.02. The quantitative estimate of drug-likeness (QED) is 0.784. The van der Waals surface area contributed by atoms with Crippen LogP contribution in [0.2, 0.25) is 5.02 Å². The van der Waals surface area contributed by atoms with Gasteiger partial charge >= 0.3 is 0 Å². The van der Waals surface area contributed by atoms with Crippen molar-refractivity contribution in [2.45, 2.75) is 30.5 Å². The molecule has 0 aromatic heterocycles. The molecular weight excluding hydrogens is 202 g/mol. The Morgan fingerprint density at radius 3 is 2.62 bits per heavy atom. The lowest BCUT2D eigenvalue weighted by molar-refractivity contribution is 1.06. The van der Waals surface area contributed by atoms with E-state index in [1.165, 1.54) is 4.90 Å². The molecule has 0 fully saturated rings. The lowest BCUT2D eigenvalue weighted by Gasteiger charge is -2.07. The minimum Gasteiger partial charge on any atom is -0.326 e. The molecular formula is C10H14ClNS. The maximum atomic E-state index is 6.02. The van der Waals surface area contributed by atoms with Gasteiger partial charge in [-0.3, -0.25) is 0 Å². The minimum absolute atomic E-state index is 0.505. The van der Waals surface area contributed by atoms with Crippen molar-refractivity contribution >= 4 is 23.4 Å². The Morgan fingerprint density at radius 1 is 1.46 bits per heavy atom. The van der Waals surface area contributed by atoms with Crippen LogP contribution in [0, 0.1) is 0 Å². The number of hydrogen-bond donors (Lipinski definition) is 1. The van der Waals surface area contributed by atoms with E-state index in [0.717, 1.165) is 10.6 Å². The third-order valence-electron chi connectivity index (χ3n) is 1.62. The SMILES string of the molecule is CC(C)Sc1ccc(CN)c(Cl)c1. The van der Waals surface area contributed by atoms with Crippen LogP contribution in [-0.4, -0.2) is 5.25 Å². The smallest absolute Gasteiger partial charge is 0.0462 e. The first-order valence-corrected chi connectivity index (χ1v) is 5.54. The van der Waals surface area contributed by atoms with Crippen molar-refractivity contribution in [3.63, 3.8) is 0 Å². The molecule has 1 rings (SSSR count). The molecule has 0 aliphatic heterocycles. The number of benzene rings is 1. The Morgan fingerprint density at radius 2 is 2.15 bits per heavy atom. The van der Waals surface area contributed by atoms with Gasteiger partial charge in [0.25, 0.3) is 0 Å². The molecule has 13 heavy (non-hydrogen) atoms. The highest BCUT2D eigenvalue weighted by molar-refractivity contribution is 7.99. The van der Waals surface area contributed by atoms with E-state index in [0.29, 0.717) is 11.8 Å². The van der Waals surface area contributed by atoms with E-state index in [9.17, 15) is 0 Å². The van der Waals surface area contributed by atoms with Crippen molar-refractivity contribution in [1.82, 2.24) is 0 Å². The average Bonchev–Trinajstić information content (AvgIpc) is 2.03. The van der Waals surface area contributed by atoms with Gasteiger partial charge in [-0.1, -0.05) is 31.5 Å².